The van der Waals surface area contributed by atoms with E-state index in [1.807, 2.05) is 31.1 Å². The number of rotatable bonds is 6. The lowest BCUT2D eigenvalue weighted by molar-refractivity contribution is -0.116. The predicted molar refractivity (Wildman–Crippen MR) is 82.2 cm³/mol. The number of carbonyl (C=O) groups is 1. The van der Waals surface area contributed by atoms with Gasteiger partial charge in [0.15, 0.2) is 0 Å². The highest BCUT2D eigenvalue weighted by Crippen LogP contribution is 2.27. The maximum Gasteiger partial charge on any atom is 0.225 e. The van der Waals surface area contributed by atoms with Gasteiger partial charge in [0.2, 0.25) is 5.91 Å². The Morgan fingerprint density at radius 3 is 2.63 bits per heavy atom. The van der Waals surface area contributed by atoms with Crippen molar-refractivity contribution in [3.8, 4) is 0 Å². The molecule has 1 aromatic rings. The van der Waals surface area contributed by atoms with E-state index in [4.69, 9.17) is 11.6 Å². The van der Waals surface area contributed by atoms with E-state index in [2.05, 4.69) is 24.5 Å². The van der Waals surface area contributed by atoms with Crippen LogP contribution < -0.4 is 15.5 Å². The second kappa shape index (κ2) is 7.36. The highest BCUT2D eigenvalue weighted by molar-refractivity contribution is 6.31. The summed E-state index contributed by atoms with van der Waals surface area (Å²) in [6, 6.07) is 5.86. The van der Waals surface area contributed by atoms with Gasteiger partial charge in [0.05, 0.1) is 11.4 Å². The molecule has 5 heteroatoms. The van der Waals surface area contributed by atoms with Crippen LogP contribution in [0, 0.1) is 0 Å². The van der Waals surface area contributed by atoms with Gasteiger partial charge < -0.3 is 15.5 Å². The molecule has 0 fully saturated rings. The SMILES string of the molecule is CC(C)NCCC(=O)Nc1cc(Cl)ccc1N(C)C. The topological polar surface area (TPSA) is 44.4 Å². The summed E-state index contributed by atoms with van der Waals surface area (Å²) in [4.78, 5) is 13.8. The number of anilines is 2. The van der Waals surface area contributed by atoms with E-state index in [0.717, 1.165) is 11.4 Å². The van der Waals surface area contributed by atoms with Crippen LogP contribution >= 0.6 is 11.6 Å². The molecule has 0 aromatic heterocycles. The van der Waals surface area contributed by atoms with Gasteiger partial charge in [0.25, 0.3) is 0 Å². The van der Waals surface area contributed by atoms with Crippen molar-refractivity contribution in [3.63, 3.8) is 0 Å². The minimum atomic E-state index is -0.0153. The van der Waals surface area contributed by atoms with Crippen LogP contribution in [0.25, 0.3) is 0 Å². The van der Waals surface area contributed by atoms with Crippen LogP contribution in [0.2, 0.25) is 5.02 Å². The lowest BCUT2D eigenvalue weighted by atomic mass is 10.2. The van der Waals surface area contributed by atoms with Gasteiger partial charge in [-0.2, -0.15) is 0 Å². The highest BCUT2D eigenvalue weighted by atomic mass is 35.5. The van der Waals surface area contributed by atoms with Crippen LogP contribution in [0.5, 0.6) is 0 Å². The summed E-state index contributed by atoms with van der Waals surface area (Å²) >= 11 is 5.97. The molecule has 0 saturated carbocycles. The number of nitrogens with one attached hydrogen (secondary N) is 2. The van der Waals surface area contributed by atoms with E-state index in [-0.39, 0.29) is 5.91 Å². The molecule has 0 saturated heterocycles. The summed E-state index contributed by atoms with van der Waals surface area (Å²) in [6.45, 7) is 4.78. The molecule has 2 N–H and O–H groups in total. The van der Waals surface area contributed by atoms with Gasteiger partial charge in [-0.25, -0.2) is 0 Å². The van der Waals surface area contributed by atoms with Crippen LogP contribution in [0.1, 0.15) is 20.3 Å². The van der Waals surface area contributed by atoms with Crippen molar-refractivity contribution >= 4 is 28.9 Å². The number of halogens is 1. The molecule has 0 aliphatic carbocycles. The molecule has 0 aliphatic rings. The van der Waals surface area contributed by atoms with E-state index < -0.39 is 0 Å². The Labute approximate surface area is 120 Å². The summed E-state index contributed by atoms with van der Waals surface area (Å²) in [7, 11) is 3.86. The number of hydrogen-bond donors (Lipinski definition) is 2. The van der Waals surface area contributed by atoms with Gasteiger partial charge >= 0.3 is 0 Å². The summed E-state index contributed by atoms with van der Waals surface area (Å²) in [5.41, 5.74) is 1.68. The Balaban J connectivity index is 2.65. The Bertz CT molecular complexity index is 433. The molecule has 0 heterocycles. The van der Waals surface area contributed by atoms with Gasteiger partial charge in [-0.15, -0.1) is 0 Å². The van der Waals surface area contributed by atoms with Crippen molar-refractivity contribution in [3.05, 3.63) is 23.2 Å². The van der Waals surface area contributed by atoms with Crippen LogP contribution in [-0.2, 0) is 4.79 Å². The molecule has 0 unspecified atom stereocenters. The van der Waals surface area contributed by atoms with Crippen molar-refractivity contribution in [1.29, 1.82) is 0 Å². The Morgan fingerprint density at radius 1 is 1.37 bits per heavy atom. The van der Waals surface area contributed by atoms with Crippen molar-refractivity contribution < 1.29 is 4.79 Å². The number of hydrogen-bond acceptors (Lipinski definition) is 3. The Morgan fingerprint density at radius 2 is 2.05 bits per heavy atom. The van der Waals surface area contributed by atoms with E-state index in [1.165, 1.54) is 0 Å². The zero-order chi connectivity index (χ0) is 14.4. The maximum absolute atomic E-state index is 11.9. The molecule has 19 heavy (non-hydrogen) atoms. The smallest absolute Gasteiger partial charge is 0.225 e. The molecular formula is C14H22ClN3O. The molecule has 1 aromatic carbocycles. The molecule has 0 aliphatic heterocycles. The minimum Gasteiger partial charge on any atom is -0.376 e. The molecular weight excluding hydrogens is 262 g/mol. The van der Waals surface area contributed by atoms with E-state index in [9.17, 15) is 4.79 Å². The average Bonchev–Trinajstić information content (AvgIpc) is 2.27. The molecule has 0 radical (unpaired) electrons. The summed E-state index contributed by atoms with van der Waals surface area (Å²) in [5, 5.41) is 6.73. The third kappa shape index (κ3) is 5.49. The third-order valence-electron chi connectivity index (χ3n) is 2.62. The molecule has 1 amide bonds. The Hall–Kier alpha value is -1.26. The number of amides is 1. The summed E-state index contributed by atoms with van der Waals surface area (Å²) in [5.74, 6) is -0.0153. The van der Waals surface area contributed by atoms with Crippen LogP contribution in [-0.4, -0.2) is 32.6 Å². The fourth-order valence-electron chi connectivity index (χ4n) is 1.69. The van der Waals surface area contributed by atoms with Gasteiger partial charge in [0, 0.05) is 38.1 Å². The van der Waals surface area contributed by atoms with Crippen LogP contribution in [0.15, 0.2) is 18.2 Å². The second-order valence-electron chi connectivity index (χ2n) is 4.96. The quantitative estimate of drug-likeness (QED) is 0.844. The lowest BCUT2D eigenvalue weighted by Gasteiger charge is -2.18. The fourth-order valence-corrected chi connectivity index (χ4v) is 1.86. The largest absolute Gasteiger partial charge is 0.376 e. The zero-order valence-electron chi connectivity index (χ0n) is 12.0. The first-order valence-corrected chi connectivity index (χ1v) is 6.78. The van der Waals surface area contributed by atoms with Gasteiger partial charge in [-0.3, -0.25) is 4.79 Å². The predicted octanol–water partition coefficient (Wildman–Crippen LogP) is 2.73. The second-order valence-corrected chi connectivity index (χ2v) is 5.40. The zero-order valence-corrected chi connectivity index (χ0v) is 12.7. The van der Waals surface area contributed by atoms with Crippen molar-refractivity contribution in [2.24, 2.45) is 0 Å². The molecule has 0 atom stereocenters. The normalized spacial score (nSPS) is 10.6. The molecule has 0 bridgehead atoms. The van der Waals surface area contributed by atoms with E-state index >= 15 is 0 Å². The molecule has 0 spiro atoms. The Kier molecular flexibility index (Phi) is 6.12. The molecule has 106 valence electrons. The molecule has 4 nitrogen and oxygen atoms in total. The number of benzene rings is 1. The maximum atomic E-state index is 11.9. The van der Waals surface area contributed by atoms with Crippen LogP contribution in [0.3, 0.4) is 0 Å². The van der Waals surface area contributed by atoms with Gasteiger partial charge in [-0.05, 0) is 18.2 Å². The number of nitrogens with zero attached hydrogens (tertiary/aromatic N) is 1. The van der Waals surface area contributed by atoms with Crippen molar-refractivity contribution in [2.45, 2.75) is 26.3 Å². The first kappa shape index (κ1) is 15.8. The van der Waals surface area contributed by atoms with Gasteiger partial charge in [-0.1, -0.05) is 25.4 Å². The van der Waals surface area contributed by atoms with Gasteiger partial charge in [0.1, 0.15) is 0 Å². The van der Waals surface area contributed by atoms with Crippen molar-refractivity contribution in [2.75, 3.05) is 30.9 Å². The highest BCUT2D eigenvalue weighted by Gasteiger charge is 2.09. The standard InChI is InChI=1S/C14H22ClN3O/c1-10(2)16-8-7-14(19)17-12-9-11(15)5-6-13(12)18(3)4/h5-6,9-10,16H,7-8H2,1-4H3,(H,17,19). The fraction of sp³-hybridized carbons (Fsp3) is 0.500. The first-order chi connectivity index (χ1) is 8.90. The number of carbonyl (C=O) groups excluding carboxylic acids is 1. The van der Waals surface area contributed by atoms with Crippen molar-refractivity contribution in [1.82, 2.24) is 5.32 Å². The van der Waals surface area contributed by atoms with Crippen LogP contribution in [0.4, 0.5) is 11.4 Å². The van der Waals surface area contributed by atoms with E-state index in [0.29, 0.717) is 24.0 Å². The summed E-state index contributed by atoms with van der Waals surface area (Å²) < 4.78 is 0. The lowest BCUT2D eigenvalue weighted by Crippen LogP contribution is -2.27. The minimum absolute atomic E-state index is 0.0153. The third-order valence-corrected chi connectivity index (χ3v) is 2.85. The average molecular weight is 284 g/mol. The first-order valence-electron chi connectivity index (χ1n) is 6.40. The monoisotopic (exact) mass is 283 g/mol. The summed E-state index contributed by atoms with van der Waals surface area (Å²) in [6.07, 6.45) is 0.442. The van der Waals surface area contributed by atoms with E-state index in [1.54, 1.807) is 6.07 Å². The molecule has 1 rings (SSSR count).